The first-order chi connectivity index (χ1) is 8.75. The molecule has 18 heavy (non-hydrogen) atoms. The Kier molecular flexibility index (Phi) is 4.51. The van der Waals surface area contributed by atoms with Crippen LogP contribution in [0, 0.1) is 5.92 Å². The summed E-state index contributed by atoms with van der Waals surface area (Å²) >= 11 is 0. The Labute approximate surface area is 109 Å². The van der Waals surface area contributed by atoms with E-state index in [0.717, 1.165) is 31.5 Å². The van der Waals surface area contributed by atoms with Crippen LogP contribution < -0.4 is 0 Å². The highest BCUT2D eigenvalue weighted by Crippen LogP contribution is 2.20. The molecule has 1 aliphatic rings. The van der Waals surface area contributed by atoms with E-state index in [4.69, 9.17) is 0 Å². The van der Waals surface area contributed by atoms with E-state index in [1.165, 1.54) is 0 Å². The molecule has 0 N–H and O–H groups in total. The third kappa shape index (κ3) is 3.69. The van der Waals surface area contributed by atoms with Gasteiger partial charge in [0.25, 0.3) is 0 Å². The molecule has 0 aliphatic heterocycles. The van der Waals surface area contributed by atoms with Crippen LogP contribution in [0.15, 0.2) is 36.5 Å². The predicted molar refractivity (Wildman–Crippen MR) is 72.1 cm³/mol. The molecule has 1 heterocycles. The summed E-state index contributed by atoms with van der Waals surface area (Å²) in [6, 6.07) is 5.89. The van der Waals surface area contributed by atoms with Crippen LogP contribution in [0.1, 0.15) is 25.0 Å². The van der Waals surface area contributed by atoms with Gasteiger partial charge >= 0.3 is 0 Å². The van der Waals surface area contributed by atoms with Gasteiger partial charge in [-0.3, -0.25) is 9.78 Å². The SMILES string of the molecule is CN(CCc1ccccn1)C(=O)CC1C=CCC1. The van der Waals surface area contributed by atoms with E-state index < -0.39 is 0 Å². The summed E-state index contributed by atoms with van der Waals surface area (Å²) in [6.07, 6.45) is 9.85. The molecule has 1 aromatic rings. The average Bonchev–Trinajstić information content (AvgIpc) is 2.90. The number of allylic oxidation sites excluding steroid dienone is 2. The number of hydrogen-bond acceptors (Lipinski definition) is 2. The summed E-state index contributed by atoms with van der Waals surface area (Å²) in [7, 11) is 1.88. The quantitative estimate of drug-likeness (QED) is 0.745. The van der Waals surface area contributed by atoms with Crippen LogP contribution in [-0.2, 0) is 11.2 Å². The minimum Gasteiger partial charge on any atom is -0.345 e. The fourth-order valence-corrected chi connectivity index (χ4v) is 2.20. The van der Waals surface area contributed by atoms with Crippen LogP contribution in [0.3, 0.4) is 0 Å². The smallest absolute Gasteiger partial charge is 0.222 e. The Morgan fingerprint density at radius 3 is 3.06 bits per heavy atom. The van der Waals surface area contributed by atoms with Gasteiger partial charge in [-0.2, -0.15) is 0 Å². The molecule has 0 bridgehead atoms. The van der Waals surface area contributed by atoms with Crippen molar-refractivity contribution in [2.45, 2.75) is 25.7 Å². The van der Waals surface area contributed by atoms with Gasteiger partial charge in [0.2, 0.25) is 5.91 Å². The monoisotopic (exact) mass is 244 g/mol. The Morgan fingerprint density at radius 1 is 1.50 bits per heavy atom. The molecule has 1 aliphatic carbocycles. The third-order valence-corrected chi connectivity index (χ3v) is 3.40. The topological polar surface area (TPSA) is 33.2 Å². The van der Waals surface area contributed by atoms with Crippen LogP contribution in [0.25, 0.3) is 0 Å². The number of amides is 1. The van der Waals surface area contributed by atoms with Crippen molar-refractivity contribution < 1.29 is 4.79 Å². The van der Waals surface area contributed by atoms with Crippen LogP contribution >= 0.6 is 0 Å². The molecule has 0 spiro atoms. The maximum atomic E-state index is 12.0. The zero-order chi connectivity index (χ0) is 12.8. The molecule has 1 atom stereocenters. The van der Waals surface area contributed by atoms with E-state index in [-0.39, 0.29) is 5.91 Å². The van der Waals surface area contributed by atoms with Crippen molar-refractivity contribution in [1.29, 1.82) is 0 Å². The van der Waals surface area contributed by atoms with Crippen molar-refractivity contribution in [2.75, 3.05) is 13.6 Å². The molecular formula is C15H20N2O. The number of rotatable bonds is 5. The lowest BCUT2D eigenvalue weighted by atomic mass is 10.0. The number of hydrogen-bond donors (Lipinski definition) is 0. The van der Waals surface area contributed by atoms with Gasteiger partial charge in [-0.1, -0.05) is 18.2 Å². The number of pyridine rings is 1. The molecule has 2 rings (SSSR count). The first-order valence-electron chi connectivity index (χ1n) is 6.56. The van der Waals surface area contributed by atoms with Gasteiger partial charge in [0.05, 0.1) is 0 Å². The average molecular weight is 244 g/mol. The summed E-state index contributed by atoms with van der Waals surface area (Å²) in [5.41, 5.74) is 1.04. The number of likely N-dealkylation sites (N-methyl/N-ethyl adjacent to an activating group) is 1. The highest BCUT2D eigenvalue weighted by atomic mass is 16.2. The molecule has 1 aromatic heterocycles. The highest BCUT2D eigenvalue weighted by molar-refractivity contribution is 5.76. The summed E-state index contributed by atoms with van der Waals surface area (Å²) < 4.78 is 0. The fraction of sp³-hybridized carbons (Fsp3) is 0.467. The summed E-state index contributed by atoms with van der Waals surface area (Å²) in [5.74, 6) is 0.692. The number of carbonyl (C=O) groups excluding carboxylic acids is 1. The second-order valence-electron chi connectivity index (χ2n) is 4.86. The van der Waals surface area contributed by atoms with Crippen LogP contribution in [0.4, 0.5) is 0 Å². The predicted octanol–water partition coefficient (Wildman–Crippen LogP) is 2.44. The Bertz CT molecular complexity index is 414. The van der Waals surface area contributed by atoms with E-state index in [1.54, 1.807) is 6.20 Å². The lowest BCUT2D eigenvalue weighted by Gasteiger charge is -2.18. The molecule has 1 amide bonds. The summed E-state index contributed by atoms with van der Waals surface area (Å²) in [4.78, 5) is 18.1. The van der Waals surface area contributed by atoms with E-state index in [2.05, 4.69) is 17.1 Å². The lowest BCUT2D eigenvalue weighted by molar-refractivity contribution is -0.130. The Balaban J connectivity index is 1.75. The zero-order valence-electron chi connectivity index (χ0n) is 10.9. The molecule has 96 valence electrons. The van der Waals surface area contributed by atoms with Crippen molar-refractivity contribution in [3.63, 3.8) is 0 Å². The van der Waals surface area contributed by atoms with Crippen molar-refractivity contribution in [3.05, 3.63) is 42.2 Å². The van der Waals surface area contributed by atoms with Gasteiger partial charge in [0.15, 0.2) is 0 Å². The van der Waals surface area contributed by atoms with E-state index in [0.29, 0.717) is 12.3 Å². The maximum Gasteiger partial charge on any atom is 0.222 e. The number of nitrogens with zero attached hydrogens (tertiary/aromatic N) is 2. The van der Waals surface area contributed by atoms with Crippen LogP contribution in [0.2, 0.25) is 0 Å². The fourth-order valence-electron chi connectivity index (χ4n) is 2.20. The summed E-state index contributed by atoms with van der Waals surface area (Å²) in [5, 5.41) is 0. The maximum absolute atomic E-state index is 12.0. The van der Waals surface area contributed by atoms with Gasteiger partial charge in [-0.25, -0.2) is 0 Å². The largest absolute Gasteiger partial charge is 0.345 e. The van der Waals surface area contributed by atoms with Crippen molar-refractivity contribution >= 4 is 5.91 Å². The lowest BCUT2D eigenvalue weighted by Crippen LogP contribution is -2.30. The molecular weight excluding hydrogens is 224 g/mol. The Hall–Kier alpha value is -1.64. The molecule has 3 heteroatoms. The molecule has 0 saturated carbocycles. The van der Waals surface area contributed by atoms with Crippen LogP contribution in [-0.4, -0.2) is 29.4 Å². The van der Waals surface area contributed by atoms with Crippen molar-refractivity contribution in [1.82, 2.24) is 9.88 Å². The standard InChI is InChI=1S/C15H20N2O/c1-17(11-9-14-8-4-5-10-16-14)15(18)12-13-6-2-3-7-13/h2,4-6,8,10,13H,3,7,9,11-12H2,1H3. The van der Waals surface area contributed by atoms with Gasteiger partial charge in [-0.05, 0) is 30.9 Å². The summed E-state index contributed by atoms with van der Waals surface area (Å²) in [6.45, 7) is 0.742. The van der Waals surface area contributed by atoms with Gasteiger partial charge in [-0.15, -0.1) is 0 Å². The normalized spacial score (nSPS) is 17.9. The molecule has 3 nitrogen and oxygen atoms in total. The van der Waals surface area contributed by atoms with Crippen LogP contribution in [0.5, 0.6) is 0 Å². The van der Waals surface area contributed by atoms with Gasteiger partial charge in [0.1, 0.15) is 0 Å². The third-order valence-electron chi connectivity index (χ3n) is 3.40. The molecule has 1 unspecified atom stereocenters. The van der Waals surface area contributed by atoms with E-state index in [1.807, 2.05) is 30.1 Å². The minimum absolute atomic E-state index is 0.238. The minimum atomic E-state index is 0.238. The number of aromatic nitrogens is 1. The molecule has 0 fully saturated rings. The second kappa shape index (κ2) is 6.34. The Morgan fingerprint density at radius 2 is 2.39 bits per heavy atom. The molecule has 0 aromatic carbocycles. The van der Waals surface area contributed by atoms with E-state index in [9.17, 15) is 4.79 Å². The van der Waals surface area contributed by atoms with Gasteiger partial charge < -0.3 is 4.90 Å². The second-order valence-corrected chi connectivity index (χ2v) is 4.86. The van der Waals surface area contributed by atoms with Crippen molar-refractivity contribution in [2.24, 2.45) is 5.92 Å². The first kappa shape index (κ1) is 12.8. The zero-order valence-corrected chi connectivity index (χ0v) is 10.9. The van der Waals surface area contributed by atoms with Gasteiger partial charge in [0, 0.05) is 38.3 Å². The molecule has 0 radical (unpaired) electrons. The highest BCUT2D eigenvalue weighted by Gasteiger charge is 2.16. The first-order valence-corrected chi connectivity index (χ1v) is 6.56. The molecule has 0 saturated heterocycles. The number of carbonyl (C=O) groups is 1. The van der Waals surface area contributed by atoms with Crippen molar-refractivity contribution in [3.8, 4) is 0 Å². The van der Waals surface area contributed by atoms with E-state index >= 15 is 0 Å².